The Morgan fingerprint density at radius 2 is 1.79 bits per heavy atom. The highest BCUT2D eigenvalue weighted by Crippen LogP contribution is 2.62. The summed E-state index contributed by atoms with van der Waals surface area (Å²) >= 11 is 3.41. The van der Waals surface area contributed by atoms with Crippen LogP contribution in [0.5, 0.6) is 5.88 Å². The Bertz CT molecular complexity index is 1600. The quantitative estimate of drug-likeness (QED) is 0.216. The molecule has 1 aromatic heterocycles. The van der Waals surface area contributed by atoms with Crippen molar-refractivity contribution in [2.45, 2.75) is 57.3 Å². The second-order valence-electron chi connectivity index (χ2n) is 11.4. The van der Waals surface area contributed by atoms with Gasteiger partial charge in [0.2, 0.25) is 5.88 Å². The van der Waals surface area contributed by atoms with Crippen molar-refractivity contribution in [3.05, 3.63) is 88.5 Å². The van der Waals surface area contributed by atoms with Gasteiger partial charge < -0.3 is 5.11 Å². The number of nitrogens with zero attached hydrogens (tertiary/aromatic N) is 3. The zero-order chi connectivity index (χ0) is 27.5. The lowest BCUT2D eigenvalue weighted by Crippen LogP contribution is -2.48. The summed E-state index contributed by atoms with van der Waals surface area (Å²) in [5.41, 5.74) is 0.425. The molecule has 0 unspecified atom stereocenters. The number of nitro groups is 1. The number of nitrogens with one attached hydrogen (secondary N) is 1. The van der Waals surface area contributed by atoms with Gasteiger partial charge in [-0.1, -0.05) is 22.9 Å². The van der Waals surface area contributed by atoms with Gasteiger partial charge in [0, 0.05) is 27.7 Å². The van der Waals surface area contributed by atoms with Crippen molar-refractivity contribution in [2.75, 3.05) is 0 Å². The normalized spacial score (nSPS) is 25.4. The summed E-state index contributed by atoms with van der Waals surface area (Å²) in [5, 5.41) is 23.2. The molecule has 4 fully saturated rings. The van der Waals surface area contributed by atoms with Gasteiger partial charge in [-0.05, 0) is 98.6 Å². The van der Waals surface area contributed by atoms with E-state index in [1.54, 1.807) is 18.2 Å². The maximum absolute atomic E-state index is 12.7. The van der Waals surface area contributed by atoms with E-state index in [4.69, 9.17) is 0 Å². The second-order valence-corrected chi connectivity index (χ2v) is 12.3. The summed E-state index contributed by atoms with van der Waals surface area (Å²) < 4.78 is 1.85. The average Bonchev–Trinajstić information content (AvgIpc) is 2.88. The van der Waals surface area contributed by atoms with E-state index in [1.165, 1.54) is 25.3 Å². The number of aromatic hydroxyl groups is 1. The third-order valence-corrected chi connectivity index (χ3v) is 9.41. The van der Waals surface area contributed by atoms with E-state index in [1.807, 2.05) is 19.1 Å². The number of halogens is 1. The van der Waals surface area contributed by atoms with Gasteiger partial charge in [0.15, 0.2) is 0 Å². The van der Waals surface area contributed by atoms with Crippen molar-refractivity contribution < 1.29 is 10.0 Å². The number of hydrogen-bond donors (Lipinski definition) is 2. The van der Waals surface area contributed by atoms with E-state index in [-0.39, 0.29) is 21.6 Å². The lowest BCUT2D eigenvalue weighted by molar-refractivity contribution is -0.386. The molecule has 4 aliphatic rings. The molecule has 0 atom stereocenters. The number of nitro benzene ring substituents is 1. The highest BCUT2D eigenvalue weighted by atomic mass is 79.9. The van der Waals surface area contributed by atoms with Crippen molar-refractivity contribution in [3.63, 3.8) is 0 Å². The van der Waals surface area contributed by atoms with Crippen LogP contribution < -0.4 is 11.2 Å². The number of aromatic amines is 1. The highest BCUT2D eigenvalue weighted by Gasteiger charge is 2.53. The fourth-order valence-electron chi connectivity index (χ4n) is 7.71. The van der Waals surface area contributed by atoms with Crippen molar-refractivity contribution in [1.29, 1.82) is 0 Å². The van der Waals surface area contributed by atoms with Crippen molar-refractivity contribution >= 4 is 33.5 Å². The molecule has 1 heterocycles. The van der Waals surface area contributed by atoms with Crippen LogP contribution in [0.4, 0.5) is 11.4 Å². The molecule has 4 bridgehead atoms. The van der Waals surface area contributed by atoms with E-state index < -0.39 is 17.1 Å². The summed E-state index contributed by atoms with van der Waals surface area (Å²) in [6, 6.07) is 10.3. The van der Waals surface area contributed by atoms with Crippen molar-refractivity contribution in [3.8, 4) is 11.6 Å². The van der Waals surface area contributed by atoms with Gasteiger partial charge in [-0.15, -0.1) is 0 Å². The Morgan fingerprint density at radius 3 is 2.41 bits per heavy atom. The van der Waals surface area contributed by atoms with Gasteiger partial charge in [0.05, 0.1) is 16.3 Å². The minimum absolute atomic E-state index is 0.0529. The summed E-state index contributed by atoms with van der Waals surface area (Å²) in [7, 11) is 0. The predicted molar refractivity (Wildman–Crippen MR) is 152 cm³/mol. The van der Waals surface area contributed by atoms with Gasteiger partial charge in [0.25, 0.3) is 11.2 Å². The number of benzene rings is 2. The fourth-order valence-corrected chi connectivity index (χ4v) is 8.12. The van der Waals surface area contributed by atoms with E-state index in [2.05, 4.69) is 25.9 Å². The van der Waals surface area contributed by atoms with Crippen LogP contribution in [0.3, 0.4) is 0 Å². The molecule has 2 aromatic carbocycles. The zero-order valence-corrected chi connectivity index (χ0v) is 23.1. The van der Waals surface area contributed by atoms with Crippen molar-refractivity contribution in [2.24, 2.45) is 22.7 Å². The van der Waals surface area contributed by atoms with Gasteiger partial charge in [0.1, 0.15) is 5.56 Å². The van der Waals surface area contributed by atoms with E-state index in [0.29, 0.717) is 35.5 Å². The fraction of sp³-hybridized carbons (Fsp3) is 0.414. The standard InChI is InChI=1S/C29H29BrN4O5/c1-2-19-10-20(30)3-6-24(19)33-27(36)22(26(35)32-28(33)37)15-31-21-4-5-23(25(11-21)34(38)39)29-12-16-7-17(13-29)9-18(8-16)14-29/h3-6,10-11,15-18,36H,2,7-9,12-14H2,1H3,(H,32,35,37). The lowest BCUT2D eigenvalue weighted by Gasteiger charge is -2.56. The van der Waals surface area contributed by atoms with Gasteiger partial charge >= 0.3 is 5.69 Å². The van der Waals surface area contributed by atoms with Crippen molar-refractivity contribution in [1.82, 2.24) is 9.55 Å². The zero-order valence-electron chi connectivity index (χ0n) is 21.5. The number of rotatable bonds is 6. The second kappa shape index (κ2) is 9.59. The third-order valence-electron chi connectivity index (χ3n) is 8.91. The molecule has 39 heavy (non-hydrogen) atoms. The largest absolute Gasteiger partial charge is 0.493 e. The molecular weight excluding hydrogens is 564 g/mol. The van der Waals surface area contributed by atoms with Crippen LogP contribution in [0, 0.1) is 27.9 Å². The molecular formula is C29H29BrN4O5. The predicted octanol–water partition coefficient (Wildman–Crippen LogP) is 5.68. The van der Waals surface area contributed by atoms with Crippen LogP contribution in [0.25, 0.3) is 5.69 Å². The van der Waals surface area contributed by atoms with Gasteiger partial charge in [-0.25, -0.2) is 9.36 Å². The molecule has 3 aromatic rings. The summed E-state index contributed by atoms with van der Waals surface area (Å²) in [4.78, 5) is 43.7. The molecule has 4 saturated carbocycles. The Balaban J connectivity index is 1.38. The summed E-state index contributed by atoms with van der Waals surface area (Å²) in [5.74, 6) is 1.40. The third kappa shape index (κ3) is 4.44. The number of aliphatic imine (C=N–C) groups is 1. The Hall–Kier alpha value is -3.53. The smallest absolute Gasteiger partial charge is 0.335 e. The first-order chi connectivity index (χ1) is 18.7. The van der Waals surface area contributed by atoms with E-state index in [0.717, 1.165) is 45.6 Å². The van der Waals surface area contributed by atoms with Gasteiger partial charge in [-0.3, -0.25) is 24.9 Å². The van der Waals surface area contributed by atoms with Crippen LogP contribution in [-0.2, 0) is 11.8 Å². The summed E-state index contributed by atoms with van der Waals surface area (Å²) in [6.45, 7) is 1.92. The van der Waals surface area contributed by atoms with Gasteiger partial charge in [-0.2, -0.15) is 0 Å². The number of aryl methyl sites for hydroxylation is 1. The first-order valence-electron chi connectivity index (χ1n) is 13.4. The topological polar surface area (TPSA) is 131 Å². The van der Waals surface area contributed by atoms with E-state index >= 15 is 0 Å². The highest BCUT2D eigenvalue weighted by molar-refractivity contribution is 9.10. The van der Waals surface area contributed by atoms with Crippen LogP contribution in [0.15, 0.2) is 55.5 Å². The molecule has 0 radical (unpaired) electrons. The average molecular weight is 593 g/mol. The molecule has 0 saturated heterocycles. The molecule has 4 aliphatic carbocycles. The molecule has 2 N–H and O–H groups in total. The van der Waals surface area contributed by atoms with E-state index in [9.17, 15) is 24.8 Å². The molecule has 7 rings (SSSR count). The Labute approximate surface area is 232 Å². The van der Waals surface area contributed by atoms with Crippen LogP contribution >= 0.6 is 15.9 Å². The minimum atomic E-state index is -0.799. The maximum atomic E-state index is 12.7. The van der Waals surface area contributed by atoms with Crippen LogP contribution in [0.1, 0.15) is 62.1 Å². The SMILES string of the molecule is CCc1cc(Br)ccc1-n1c(O)c(C=Nc2ccc(C34CC5CC(CC(C5)C3)C4)c([N+](=O)[O-])c2)c(=O)[nH]c1=O. The monoisotopic (exact) mass is 592 g/mol. The van der Waals surface area contributed by atoms with Crippen LogP contribution in [-0.4, -0.2) is 25.8 Å². The molecule has 9 nitrogen and oxygen atoms in total. The molecule has 10 heteroatoms. The first-order valence-corrected chi connectivity index (χ1v) is 14.2. The molecule has 0 spiro atoms. The first kappa shape index (κ1) is 25.7. The number of hydrogen-bond acceptors (Lipinski definition) is 6. The maximum Gasteiger partial charge on any atom is 0.335 e. The van der Waals surface area contributed by atoms with Crippen LogP contribution in [0.2, 0.25) is 0 Å². The lowest BCUT2D eigenvalue weighted by atomic mass is 9.48. The minimum Gasteiger partial charge on any atom is -0.493 e. The number of aromatic nitrogens is 2. The summed E-state index contributed by atoms with van der Waals surface area (Å²) in [6.07, 6.45) is 8.48. The molecule has 202 valence electrons. The molecule has 0 amide bonds. The number of H-pyrrole nitrogens is 1. The Morgan fingerprint density at radius 1 is 1.13 bits per heavy atom. The molecule has 0 aliphatic heterocycles. The Kier molecular flexibility index (Phi) is 6.32.